The molecule has 1 saturated carbocycles. The zero-order valence-corrected chi connectivity index (χ0v) is 12.8. The van der Waals surface area contributed by atoms with Gasteiger partial charge >= 0.3 is 16.4 Å². The molecule has 0 radical (unpaired) electrons. The highest BCUT2D eigenvalue weighted by Crippen LogP contribution is 2.31. The molecule has 2 saturated heterocycles. The van der Waals surface area contributed by atoms with Crippen molar-refractivity contribution in [2.45, 2.75) is 37.8 Å². The zero-order chi connectivity index (χ0) is 16.8. The molecule has 1 aliphatic carbocycles. The van der Waals surface area contributed by atoms with Crippen LogP contribution in [0.15, 0.2) is 0 Å². The summed E-state index contributed by atoms with van der Waals surface area (Å²) in [6, 6.07) is -2.22. The Labute approximate surface area is 131 Å². The van der Waals surface area contributed by atoms with Crippen LogP contribution in [-0.4, -0.2) is 59.4 Å². The fourth-order valence-electron chi connectivity index (χ4n) is 2.76. The summed E-state index contributed by atoms with van der Waals surface area (Å²) >= 11 is 0. The summed E-state index contributed by atoms with van der Waals surface area (Å²) in [5.74, 6) is -0.895. The van der Waals surface area contributed by atoms with Crippen LogP contribution >= 0.6 is 0 Å². The summed E-state index contributed by atoms with van der Waals surface area (Å²) in [4.78, 5) is 36.9. The monoisotopic (exact) mass is 348 g/mol. The maximum atomic E-state index is 12.1. The average molecular weight is 348 g/mol. The lowest BCUT2D eigenvalue weighted by atomic mass is 10.0. The first kappa shape index (κ1) is 16.0. The summed E-state index contributed by atoms with van der Waals surface area (Å²) in [6.45, 7) is 0.100. The normalized spacial score (nSPS) is 27.1. The molecule has 23 heavy (non-hydrogen) atoms. The number of rotatable bonds is 4. The van der Waals surface area contributed by atoms with Crippen molar-refractivity contribution in [1.82, 2.24) is 20.8 Å². The fraction of sp³-hybridized carbons (Fsp3) is 0.727. The Kier molecular flexibility index (Phi) is 3.90. The van der Waals surface area contributed by atoms with Crippen molar-refractivity contribution in [3.8, 4) is 0 Å². The Morgan fingerprint density at radius 2 is 1.78 bits per heavy atom. The van der Waals surface area contributed by atoms with Crippen LogP contribution in [0.3, 0.4) is 0 Å². The second kappa shape index (κ2) is 5.62. The molecule has 11 nitrogen and oxygen atoms in total. The van der Waals surface area contributed by atoms with E-state index in [9.17, 15) is 22.8 Å². The molecule has 0 spiro atoms. The number of piperidine rings is 1. The molecular weight excluding hydrogens is 332 g/mol. The van der Waals surface area contributed by atoms with E-state index >= 15 is 0 Å². The third kappa shape index (κ3) is 3.38. The van der Waals surface area contributed by atoms with E-state index in [0.717, 1.165) is 17.7 Å². The summed E-state index contributed by atoms with van der Waals surface area (Å²) in [6.07, 6.45) is 2.19. The maximum Gasteiger partial charge on any atom is 0.418 e. The number of hydrogen-bond acceptors (Lipinski definition) is 6. The van der Waals surface area contributed by atoms with E-state index < -0.39 is 34.4 Å². The third-order valence-corrected chi connectivity index (χ3v) is 4.41. The van der Waals surface area contributed by atoms with Gasteiger partial charge in [0.2, 0.25) is 5.91 Å². The second-order valence-electron chi connectivity index (χ2n) is 5.76. The van der Waals surface area contributed by atoms with Crippen molar-refractivity contribution < 1.29 is 31.6 Å². The summed E-state index contributed by atoms with van der Waals surface area (Å²) in [7, 11) is -4.82. The molecule has 4 amide bonds. The quantitative estimate of drug-likeness (QED) is 0.416. The lowest BCUT2D eigenvalue weighted by molar-refractivity contribution is -0.132. The first-order valence-corrected chi connectivity index (χ1v) is 8.49. The lowest BCUT2D eigenvalue weighted by Gasteiger charge is -2.29. The highest BCUT2D eigenvalue weighted by atomic mass is 32.3. The van der Waals surface area contributed by atoms with Crippen LogP contribution in [0.1, 0.15) is 25.7 Å². The van der Waals surface area contributed by atoms with E-state index in [4.69, 9.17) is 4.55 Å². The van der Waals surface area contributed by atoms with Crippen LogP contribution in [0.4, 0.5) is 4.79 Å². The average Bonchev–Trinajstić information content (AvgIpc) is 3.29. The number of nitrogens with one attached hydrogen (secondary N) is 2. The van der Waals surface area contributed by atoms with E-state index in [-0.39, 0.29) is 24.8 Å². The SMILES string of the molecule is O=C(NNC(=O)[C@@H]1CC[C@@H]2CN1C(=O)N2OS(=O)(=O)O)C1CC1. The van der Waals surface area contributed by atoms with E-state index in [1.54, 1.807) is 0 Å². The van der Waals surface area contributed by atoms with Crippen molar-refractivity contribution in [3.05, 3.63) is 0 Å². The highest BCUT2D eigenvalue weighted by molar-refractivity contribution is 7.80. The van der Waals surface area contributed by atoms with Crippen molar-refractivity contribution in [2.24, 2.45) is 5.92 Å². The number of hydrazine groups is 1. The number of amides is 4. The first-order chi connectivity index (χ1) is 10.8. The fourth-order valence-corrected chi connectivity index (χ4v) is 3.15. The van der Waals surface area contributed by atoms with E-state index in [1.807, 2.05) is 0 Å². The molecule has 128 valence electrons. The van der Waals surface area contributed by atoms with Gasteiger partial charge in [0.15, 0.2) is 0 Å². The number of carbonyl (C=O) groups excluding carboxylic acids is 3. The predicted molar refractivity (Wildman–Crippen MR) is 72.4 cm³/mol. The van der Waals surface area contributed by atoms with Crippen LogP contribution in [-0.2, 0) is 24.3 Å². The lowest BCUT2D eigenvalue weighted by Crippen LogP contribution is -2.54. The van der Waals surface area contributed by atoms with Crippen molar-refractivity contribution >= 4 is 28.2 Å². The third-order valence-electron chi connectivity index (χ3n) is 4.06. The minimum Gasteiger partial charge on any atom is -0.309 e. The van der Waals surface area contributed by atoms with Gasteiger partial charge in [-0.3, -0.25) is 25.0 Å². The van der Waals surface area contributed by atoms with Gasteiger partial charge in [-0.2, -0.15) is 13.5 Å². The van der Waals surface area contributed by atoms with Crippen LogP contribution in [0.2, 0.25) is 0 Å². The van der Waals surface area contributed by atoms with Gasteiger partial charge in [-0.1, -0.05) is 0 Å². The zero-order valence-electron chi connectivity index (χ0n) is 12.0. The van der Waals surface area contributed by atoms with Gasteiger partial charge in [-0.25, -0.2) is 4.79 Å². The van der Waals surface area contributed by atoms with Gasteiger partial charge in [0.25, 0.3) is 5.91 Å². The Morgan fingerprint density at radius 1 is 1.13 bits per heavy atom. The largest absolute Gasteiger partial charge is 0.418 e. The van der Waals surface area contributed by atoms with Crippen LogP contribution in [0.5, 0.6) is 0 Å². The maximum absolute atomic E-state index is 12.1. The molecule has 2 atom stereocenters. The Bertz CT molecular complexity index is 647. The molecule has 3 N–H and O–H groups in total. The molecule has 0 aromatic rings. The van der Waals surface area contributed by atoms with Crippen LogP contribution in [0, 0.1) is 5.92 Å². The summed E-state index contributed by atoms with van der Waals surface area (Å²) < 4.78 is 34.5. The van der Waals surface area contributed by atoms with Crippen molar-refractivity contribution in [2.75, 3.05) is 6.54 Å². The molecule has 3 aliphatic rings. The Hall–Kier alpha value is -1.92. The first-order valence-electron chi connectivity index (χ1n) is 7.13. The van der Waals surface area contributed by atoms with Crippen molar-refractivity contribution in [1.29, 1.82) is 0 Å². The number of fused-ring (bicyclic) bond motifs is 2. The number of hydroxylamine groups is 2. The second-order valence-corrected chi connectivity index (χ2v) is 6.77. The highest BCUT2D eigenvalue weighted by Gasteiger charge is 2.49. The van der Waals surface area contributed by atoms with Gasteiger partial charge in [-0.15, -0.1) is 4.28 Å². The van der Waals surface area contributed by atoms with E-state index in [2.05, 4.69) is 15.1 Å². The predicted octanol–water partition coefficient (Wildman–Crippen LogP) is -1.45. The van der Waals surface area contributed by atoms with Crippen molar-refractivity contribution in [3.63, 3.8) is 0 Å². The minimum atomic E-state index is -4.82. The van der Waals surface area contributed by atoms with Gasteiger partial charge in [-0.05, 0) is 25.7 Å². The van der Waals surface area contributed by atoms with Crippen LogP contribution < -0.4 is 10.9 Å². The number of nitrogens with zero attached hydrogens (tertiary/aromatic N) is 2. The van der Waals surface area contributed by atoms with E-state index in [0.29, 0.717) is 11.5 Å². The summed E-state index contributed by atoms with van der Waals surface area (Å²) in [5, 5.41) is 0.561. The molecule has 0 unspecified atom stereocenters. The Balaban J connectivity index is 1.61. The molecule has 3 rings (SSSR count). The van der Waals surface area contributed by atoms with Crippen LogP contribution in [0.25, 0.3) is 0 Å². The smallest absolute Gasteiger partial charge is 0.309 e. The molecule has 0 aromatic carbocycles. The number of carbonyl (C=O) groups is 3. The Morgan fingerprint density at radius 3 is 2.39 bits per heavy atom. The molecule has 0 aromatic heterocycles. The molecule has 2 bridgehead atoms. The van der Waals surface area contributed by atoms with E-state index in [1.165, 1.54) is 0 Å². The number of urea groups is 1. The standard InChI is InChI=1S/C11H16N4O7S/c16-9(6-1-2-6)12-13-10(17)8-4-3-7-5-14(8)11(18)15(7)22-23(19,20)21/h6-8H,1-5H2,(H,12,16)(H,13,17)(H,19,20,21)/t7-,8+/m1/s1. The molecule has 2 heterocycles. The number of hydrogen-bond donors (Lipinski definition) is 3. The molecule has 2 aliphatic heterocycles. The summed E-state index contributed by atoms with van der Waals surface area (Å²) in [5.41, 5.74) is 4.59. The topological polar surface area (TPSA) is 145 Å². The van der Waals surface area contributed by atoms with Gasteiger partial charge in [0.05, 0.1) is 6.04 Å². The van der Waals surface area contributed by atoms with Gasteiger partial charge in [0.1, 0.15) is 6.04 Å². The van der Waals surface area contributed by atoms with Gasteiger partial charge < -0.3 is 4.90 Å². The van der Waals surface area contributed by atoms with Gasteiger partial charge in [0, 0.05) is 12.5 Å². The molecule has 12 heteroatoms. The minimum absolute atomic E-state index is 0.0712. The molecule has 3 fully saturated rings. The molecular formula is C11H16N4O7S.